The van der Waals surface area contributed by atoms with Crippen LogP contribution >= 0.6 is 0 Å². The predicted molar refractivity (Wildman–Crippen MR) is 67.1 cm³/mol. The van der Waals surface area contributed by atoms with Crippen molar-refractivity contribution in [3.05, 3.63) is 23.3 Å². The van der Waals surface area contributed by atoms with Gasteiger partial charge in [0.05, 0.1) is 5.25 Å². The number of hydrogen-bond acceptors (Lipinski definition) is 3. The molecule has 2 N–H and O–H groups in total. The summed E-state index contributed by atoms with van der Waals surface area (Å²) in [6.07, 6.45) is 4.92. The summed E-state index contributed by atoms with van der Waals surface area (Å²) in [7, 11) is -3.11. The van der Waals surface area contributed by atoms with Gasteiger partial charge in [0.1, 0.15) is 0 Å². The van der Waals surface area contributed by atoms with Gasteiger partial charge in [-0.15, -0.1) is 0 Å². The molecule has 0 aliphatic rings. The Labute approximate surface area is 94.0 Å². The summed E-state index contributed by atoms with van der Waals surface area (Å²) in [6, 6.07) is 0. The van der Waals surface area contributed by atoms with Gasteiger partial charge in [0.25, 0.3) is 0 Å². The third-order valence-corrected chi connectivity index (χ3v) is 4.12. The van der Waals surface area contributed by atoms with E-state index in [1.165, 1.54) is 6.20 Å². The lowest BCUT2D eigenvalue weighted by Crippen LogP contribution is -2.15. The molecule has 0 atom stereocenters. The van der Waals surface area contributed by atoms with Gasteiger partial charge in [-0.05, 0) is 38.6 Å². The summed E-state index contributed by atoms with van der Waals surface area (Å²) < 4.78 is 23.2. The molecule has 0 spiro atoms. The van der Waals surface area contributed by atoms with Crippen LogP contribution in [-0.2, 0) is 9.84 Å². The van der Waals surface area contributed by atoms with Crippen LogP contribution in [0.2, 0.25) is 0 Å². The predicted octanol–water partition coefficient (Wildman–Crippen LogP) is 2.60. The molecule has 90 valence electrons. The van der Waals surface area contributed by atoms with Crippen LogP contribution < -0.4 is 5.73 Å². The third-order valence-electron chi connectivity index (χ3n) is 1.73. The van der Waals surface area contributed by atoms with Crippen LogP contribution in [0, 0.1) is 0 Å². The molecule has 0 heterocycles. The van der Waals surface area contributed by atoms with Crippen LogP contribution in [0.4, 0.5) is 0 Å². The molecule has 0 aromatic rings. The van der Waals surface area contributed by atoms with Gasteiger partial charge >= 0.3 is 0 Å². The average molecular weight is 233 g/mol. The highest BCUT2D eigenvalue weighted by Gasteiger charge is 2.19. The lowest BCUT2D eigenvalue weighted by molar-refractivity contribution is 0.592. The second-order valence-electron chi connectivity index (χ2n) is 2.97. The fraction of sp³-hybridized carbons (Fsp3) is 0.636. The first-order valence-corrected chi connectivity index (χ1v) is 6.82. The minimum absolute atomic E-state index is 0.370. The maximum atomic E-state index is 11.6. The Bertz CT molecular complexity index is 301. The van der Waals surface area contributed by atoms with Crippen molar-refractivity contribution in [2.75, 3.05) is 0 Å². The first-order chi connectivity index (χ1) is 6.96. The molecule has 0 aromatic heterocycles. The summed E-state index contributed by atoms with van der Waals surface area (Å²) in [6.45, 7) is 9.16. The minimum atomic E-state index is -3.11. The average Bonchev–Trinajstić information content (AvgIpc) is 2.21. The highest BCUT2D eigenvalue weighted by atomic mass is 32.2. The first kappa shape index (κ1) is 16.7. The molecule has 0 bridgehead atoms. The van der Waals surface area contributed by atoms with Crippen molar-refractivity contribution >= 4 is 9.84 Å². The van der Waals surface area contributed by atoms with E-state index in [0.29, 0.717) is 11.3 Å². The number of nitrogens with two attached hydrogens (primary N) is 1. The van der Waals surface area contributed by atoms with Crippen LogP contribution in [0.25, 0.3) is 0 Å². The van der Waals surface area contributed by atoms with Gasteiger partial charge in [0.2, 0.25) is 0 Å². The molecule has 0 fully saturated rings. The molecular weight excluding hydrogens is 210 g/mol. The number of sulfone groups is 1. The number of rotatable bonds is 4. The van der Waals surface area contributed by atoms with Crippen molar-refractivity contribution in [1.29, 1.82) is 0 Å². The van der Waals surface area contributed by atoms with Gasteiger partial charge in [-0.1, -0.05) is 20.8 Å². The largest absolute Gasteiger partial charge is 0.405 e. The Morgan fingerprint density at radius 2 is 1.80 bits per heavy atom. The van der Waals surface area contributed by atoms with E-state index in [1.807, 2.05) is 20.8 Å². The number of hydrogen-bond donors (Lipinski definition) is 1. The molecule has 0 unspecified atom stereocenters. The van der Waals surface area contributed by atoms with E-state index < -0.39 is 9.84 Å². The second-order valence-corrected chi connectivity index (χ2v) is 5.52. The summed E-state index contributed by atoms with van der Waals surface area (Å²) in [5, 5.41) is -0.370. The zero-order chi connectivity index (χ0) is 12.5. The smallest absolute Gasteiger partial charge is 0.176 e. The summed E-state index contributed by atoms with van der Waals surface area (Å²) >= 11 is 0. The fourth-order valence-corrected chi connectivity index (χ4v) is 2.16. The SMILES string of the molecule is CC.CC/C(=C\C=C/N)S(=O)(=O)C(C)C. The molecule has 0 saturated carbocycles. The minimum Gasteiger partial charge on any atom is -0.405 e. The summed E-state index contributed by atoms with van der Waals surface area (Å²) in [4.78, 5) is 0.434. The Balaban J connectivity index is 0. The summed E-state index contributed by atoms with van der Waals surface area (Å²) in [5.41, 5.74) is 5.13. The molecule has 0 radical (unpaired) electrons. The zero-order valence-electron chi connectivity index (χ0n) is 10.3. The van der Waals surface area contributed by atoms with E-state index in [4.69, 9.17) is 5.73 Å². The molecule has 0 aliphatic heterocycles. The van der Waals surface area contributed by atoms with Gasteiger partial charge < -0.3 is 5.73 Å². The molecule has 0 amide bonds. The lowest BCUT2D eigenvalue weighted by Gasteiger charge is -2.09. The number of allylic oxidation sites excluding steroid dienone is 3. The van der Waals surface area contributed by atoms with E-state index in [9.17, 15) is 8.42 Å². The van der Waals surface area contributed by atoms with Gasteiger partial charge in [0.15, 0.2) is 9.84 Å². The van der Waals surface area contributed by atoms with Crippen molar-refractivity contribution in [2.24, 2.45) is 5.73 Å². The van der Waals surface area contributed by atoms with Crippen LogP contribution in [0.1, 0.15) is 41.0 Å². The normalized spacial score (nSPS) is 12.8. The lowest BCUT2D eigenvalue weighted by atomic mass is 10.4. The Kier molecular flexibility index (Phi) is 9.47. The standard InChI is InChI=1S/C9H17NO2S.C2H6/c1-4-9(6-5-7-10)13(11,12)8(2)3;1-2/h5-8H,4,10H2,1-3H3;1-2H3/b7-5-,9-6+;. The highest BCUT2D eigenvalue weighted by molar-refractivity contribution is 7.95. The monoisotopic (exact) mass is 233 g/mol. The van der Waals surface area contributed by atoms with E-state index in [2.05, 4.69) is 0 Å². The van der Waals surface area contributed by atoms with Crippen molar-refractivity contribution in [3.8, 4) is 0 Å². The summed E-state index contributed by atoms with van der Waals surface area (Å²) in [5.74, 6) is 0. The van der Waals surface area contributed by atoms with Crippen LogP contribution in [0.15, 0.2) is 23.3 Å². The molecule has 0 aliphatic carbocycles. The molecule has 0 rings (SSSR count). The van der Waals surface area contributed by atoms with Crippen molar-refractivity contribution in [2.45, 2.75) is 46.3 Å². The molecule has 4 heteroatoms. The van der Waals surface area contributed by atoms with Crippen molar-refractivity contribution in [3.63, 3.8) is 0 Å². The van der Waals surface area contributed by atoms with E-state index in [-0.39, 0.29) is 5.25 Å². The van der Waals surface area contributed by atoms with Crippen LogP contribution in [0.3, 0.4) is 0 Å². The van der Waals surface area contributed by atoms with Crippen LogP contribution in [-0.4, -0.2) is 13.7 Å². The van der Waals surface area contributed by atoms with Gasteiger partial charge in [0, 0.05) is 4.91 Å². The van der Waals surface area contributed by atoms with Crippen molar-refractivity contribution in [1.82, 2.24) is 0 Å². The van der Waals surface area contributed by atoms with E-state index >= 15 is 0 Å². The molecule has 15 heavy (non-hydrogen) atoms. The molecular formula is C11H23NO2S. The third kappa shape index (κ3) is 5.62. The second kappa shape index (κ2) is 8.53. The topological polar surface area (TPSA) is 60.2 Å². The fourth-order valence-electron chi connectivity index (χ4n) is 0.880. The maximum Gasteiger partial charge on any atom is 0.176 e. The Hall–Kier alpha value is -0.770. The van der Waals surface area contributed by atoms with Gasteiger partial charge in [-0.25, -0.2) is 8.42 Å². The zero-order valence-corrected chi connectivity index (χ0v) is 11.1. The highest BCUT2D eigenvalue weighted by Crippen LogP contribution is 2.16. The molecule has 3 nitrogen and oxygen atoms in total. The first-order valence-electron chi connectivity index (χ1n) is 5.28. The van der Waals surface area contributed by atoms with Crippen LogP contribution in [0.5, 0.6) is 0 Å². The van der Waals surface area contributed by atoms with Crippen molar-refractivity contribution < 1.29 is 8.42 Å². The Morgan fingerprint density at radius 1 is 1.33 bits per heavy atom. The molecule has 0 saturated heterocycles. The maximum absolute atomic E-state index is 11.6. The Morgan fingerprint density at radius 3 is 2.07 bits per heavy atom. The quantitative estimate of drug-likeness (QED) is 0.759. The molecule has 0 aromatic carbocycles. The van der Waals surface area contributed by atoms with Gasteiger partial charge in [-0.3, -0.25) is 0 Å². The van der Waals surface area contributed by atoms with E-state index in [0.717, 1.165) is 0 Å². The van der Waals surface area contributed by atoms with Gasteiger partial charge in [-0.2, -0.15) is 0 Å². The van der Waals surface area contributed by atoms with E-state index in [1.54, 1.807) is 26.0 Å².